The second-order valence-electron chi connectivity index (χ2n) is 12.5. The first-order chi connectivity index (χ1) is 26.4. The van der Waals surface area contributed by atoms with Gasteiger partial charge in [-0.2, -0.15) is 0 Å². The molecule has 6 rings (SSSR count). The molecule has 8 heteroatoms. The van der Waals surface area contributed by atoms with Gasteiger partial charge in [0.05, 0.1) is 6.61 Å². The van der Waals surface area contributed by atoms with Crippen molar-refractivity contribution in [2.75, 3.05) is 17.2 Å². The molecule has 0 aliphatic rings. The molecule has 0 saturated heterocycles. The Morgan fingerprint density at radius 3 is 1.87 bits per heavy atom. The fourth-order valence-electron chi connectivity index (χ4n) is 5.54. The lowest BCUT2D eigenvalue weighted by molar-refractivity contribution is -0.116. The van der Waals surface area contributed by atoms with E-state index in [2.05, 4.69) is 22.9 Å². The normalized spacial score (nSPS) is 11.6. The first kappa shape index (κ1) is 37.4. The van der Waals surface area contributed by atoms with E-state index in [4.69, 9.17) is 4.74 Å². The van der Waals surface area contributed by atoms with Gasteiger partial charge in [0.15, 0.2) is 0 Å². The minimum atomic E-state index is -0.539. The van der Waals surface area contributed by atoms with E-state index in [0.29, 0.717) is 23.5 Å². The molecule has 54 heavy (non-hydrogen) atoms. The second-order valence-corrected chi connectivity index (χ2v) is 13.6. The van der Waals surface area contributed by atoms with Crippen LogP contribution in [0.15, 0.2) is 174 Å². The summed E-state index contributed by atoms with van der Waals surface area (Å²) >= 11 is 1.41. The van der Waals surface area contributed by atoms with E-state index in [0.717, 1.165) is 45.7 Å². The number of ether oxygens (including phenoxy) is 1. The Hall–Kier alpha value is -6.38. The van der Waals surface area contributed by atoms with Crippen molar-refractivity contribution in [2.24, 2.45) is 0 Å². The number of carbonyl (C=O) groups excluding carboxylic acids is 3. The Kier molecular flexibility index (Phi) is 13.1. The molecule has 1 atom stereocenters. The Labute approximate surface area is 320 Å². The highest BCUT2D eigenvalue weighted by Gasteiger charge is 2.23. The number of benzene rings is 6. The van der Waals surface area contributed by atoms with Gasteiger partial charge in [-0.1, -0.05) is 116 Å². The van der Waals surface area contributed by atoms with E-state index in [1.165, 1.54) is 11.8 Å². The summed E-state index contributed by atoms with van der Waals surface area (Å²) in [4.78, 5) is 41.4. The van der Waals surface area contributed by atoms with Crippen molar-refractivity contribution in [3.05, 3.63) is 186 Å². The van der Waals surface area contributed by atoms with Crippen LogP contribution in [-0.4, -0.2) is 24.3 Å². The number of carbonyl (C=O) groups is 3. The van der Waals surface area contributed by atoms with Crippen LogP contribution in [0.3, 0.4) is 0 Å². The molecule has 0 spiro atoms. The maximum Gasteiger partial charge on any atom is 0.272 e. The molecule has 3 amide bonds. The van der Waals surface area contributed by atoms with Crippen LogP contribution in [0.1, 0.15) is 46.5 Å². The Morgan fingerprint density at radius 2 is 1.22 bits per heavy atom. The maximum atomic E-state index is 13.7. The molecule has 0 fully saturated rings. The van der Waals surface area contributed by atoms with Gasteiger partial charge in [0.1, 0.15) is 16.7 Å². The van der Waals surface area contributed by atoms with Crippen molar-refractivity contribution < 1.29 is 19.1 Å². The summed E-state index contributed by atoms with van der Waals surface area (Å²) in [6.07, 6.45) is 3.70. The van der Waals surface area contributed by atoms with Crippen LogP contribution < -0.4 is 20.7 Å². The zero-order valence-corrected chi connectivity index (χ0v) is 30.7. The smallest absolute Gasteiger partial charge is 0.272 e. The number of unbranched alkanes of at least 4 members (excludes halogenated alkanes) is 1. The highest BCUT2D eigenvalue weighted by molar-refractivity contribution is 8.00. The van der Waals surface area contributed by atoms with Crippen LogP contribution >= 0.6 is 11.8 Å². The zero-order chi connectivity index (χ0) is 37.5. The quantitative estimate of drug-likeness (QED) is 0.0555. The number of anilines is 2. The molecule has 0 aliphatic carbocycles. The summed E-state index contributed by atoms with van der Waals surface area (Å²) in [5.74, 6) is -0.272. The minimum Gasteiger partial charge on any atom is -0.494 e. The monoisotopic (exact) mass is 731 g/mol. The fraction of sp³-hybridized carbons (Fsp3) is 0.109. The number of nitrogens with one attached hydrogen (secondary N) is 3. The lowest BCUT2D eigenvalue weighted by Gasteiger charge is -2.18. The van der Waals surface area contributed by atoms with Gasteiger partial charge >= 0.3 is 0 Å². The molecule has 6 aromatic carbocycles. The Morgan fingerprint density at radius 1 is 0.648 bits per heavy atom. The van der Waals surface area contributed by atoms with Crippen molar-refractivity contribution in [1.29, 1.82) is 0 Å². The van der Waals surface area contributed by atoms with E-state index in [9.17, 15) is 14.4 Å². The molecule has 0 aliphatic heterocycles. The SMILES string of the molecule is CCCCOc1ccc(NC(=O)C(Sc2ccc(NC(=O)/C(=C/c3ccc(-c4ccccc4)cc3)NC(=O)c3ccccc3)cc2)c2ccccc2)cc1. The van der Waals surface area contributed by atoms with E-state index < -0.39 is 17.1 Å². The summed E-state index contributed by atoms with van der Waals surface area (Å²) in [6, 6.07) is 50.9. The summed E-state index contributed by atoms with van der Waals surface area (Å²) in [7, 11) is 0. The van der Waals surface area contributed by atoms with Crippen LogP contribution in [-0.2, 0) is 9.59 Å². The summed E-state index contributed by atoms with van der Waals surface area (Å²) in [5, 5.41) is 8.24. The number of hydrogen-bond donors (Lipinski definition) is 3. The minimum absolute atomic E-state index is 0.0936. The van der Waals surface area contributed by atoms with E-state index in [-0.39, 0.29) is 11.6 Å². The largest absolute Gasteiger partial charge is 0.494 e. The Bertz CT molecular complexity index is 2160. The molecule has 0 heterocycles. The average Bonchev–Trinajstić information content (AvgIpc) is 3.22. The third-order valence-electron chi connectivity index (χ3n) is 8.45. The van der Waals surface area contributed by atoms with Gasteiger partial charge < -0.3 is 20.7 Å². The molecule has 0 bridgehead atoms. The molecule has 7 nitrogen and oxygen atoms in total. The summed E-state index contributed by atoms with van der Waals surface area (Å²) in [5.41, 5.74) is 5.47. The standard InChI is InChI=1S/C46H41N3O4S/c1-2-3-31-53-40-27-23-38(24-28-40)48-46(52)43(36-15-9-5-10-16-36)54-41-29-25-39(26-30-41)47-45(51)42(49-44(50)37-17-11-6-12-18-37)32-33-19-21-35(22-20-33)34-13-7-4-8-14-34/h4-30,32,43H,2-3,31H2,1H3,(H,47,51)(H,48,52)(H,49,50)/b42-32-. The third-order valence-corrected chi connectivity index (χ3v) is 9.72. The van der Waals surface area contributed by atoms with Gasteiger partial charge in [0, 0.05) is 21.8 Å². The van der Waals surface area contributed by atoms with Gasteiger partial charge in [0.25, 0.3) is 11.8 Å². The maximum absolute atomic E-state index is 13.7. The second kappa shape index (κ2) is 18.9. The predicted molar refractivity (Wildman–Crippen MR) is 219 cm³/mol. The average molecular weight is 732 g/mol. The molecule has 0 aromatic heterocycles. The predicted octanol–water partition coefficient (Wildman–Crippen LogP) is 10.4. The van der Waals surface area contributed by atoms with Crippen LogP contribution in [0, 0.1) is 0 Å². The molecule has 270 valence electrons. The number of rotatable bonds is 15. The molecular weight excluding hydrogens is 691 g/mol. The van der Waals surface area contributed by atoms with Gasteiger partial charge in [-0.05, 0) is 95.4 Å². The lowest BCUT2D eigenvalue weighted by atomic mass is 10.0. The first-order valence-corrected chi connectivity index (χ1v) is 18.7. The van der Waals surface area contributed by atoms with E-state index in [1.54, 1.807) is 42.5 Å². The highest BCUT2D eigenvalue weighted by atomic mass is 32.2. The third kappa shape index (κ3) is 10.6. The molecule has 0 radical (unpaired) electrons. The van der Waals surface area contributed by atoms with Gasteiger partial charge in [0.2, 0.25) is 5.91 Å². The highest BCUT2D eigenvalue weighted by Crippen LogP contribution is 2.37. The van der Waals surface area contributed by atoms with Crippen LogP contribution in [0.25, 0.3) is 17.2 Å². The van der Waals surface area contributed by atoms with Crippen molar-refractivity contribution in [3.63, 3.8) is 0 Å². The van der Waals surface area contributed by atoms with E-state index in [1.807, 2.05) is 127 Å². The number of thioether (sulfide) groups is 1. The summed E-state index contributed by atoms with van der Waals surface area (Å²) < 4.78 is 5.76. The van der Waals surface area contributed by atoms with Crippen LogP contribution in [0.5, 0.6) is 5.75 Å². The van der Waals surface area contributed by atoms with Crippen molar-refractivity contribution >= 4 is 46.9 Å². The topological polar surface area (TPSA) is 96.5 Å². The molecule has 1 unspecified atom stereocenters. The number of amides is 3. The van der Waals surface area contributed by atoms with Crippen molar-refractivity contribution in [1.82, 2.24) is 5.32 Å². The van der Waals surface area contributed by atoms with Crippen molar-refractivity contribution in [2.45, 2.75) is 29.9 Å². The molecule has 3 N–H and O–H groups in total. The van der Waals surface area contributed by atoms with Gasteiger partial charge in [-0.25, -0.2) is 0 Å². The van der Waals surface area contributed by atoms with Crippen molar-refractivity contribution in [3.8, 4) is 16.9 Å². The molecular formula is C46H41N3O4S. The first-order valence-electron chi connectivity index (χ1n) is 17.9. The lowest BCUT2D eigenvalue weighted by Crippen LogP contribution is -2.30. The Balaban J connectivity index is 1.16. The zero-order valence-electron chi connectivity index (χ0n) is 29.9. The van der Waals surface area contributed by atoms with Crippen LogP contribution in [0.4, 0.5) is 11.4 Å². The fourth-order valence-corrected chi connectivity index (χ4v) is 6.56. The molecule has 6 aromatic rings. The van der Waals surface area contributed by atoms with Gasteiger partial charge in [-0.15, -0.1) is 11.8 Å². The molecule has 0 saturated carbocycles. The van der Waals surface area contributed by atoms with Gasteiger partial charge in [-0.3, -0.25) is 14.4 Å². The van der Waals surface area contributed by atoms with E-state index >= 15 is 0 Å². The van der Waals surface area contributed by atoms with Crippen LogP contribution in [0.2, 0.25) is 0 Å². The summed E-state index contributed by atoms with van der Waals surface area (Å²) in [6.45, 7) is 2.78. The number of hydrogen-bond acceptors (Lipinski definition) is 5.